The third-order valence-electron chi connectivity index (χ3n) is 3.91. The summed E-state index contributed by atoms with van der Waals surface area (Å²) >= 11 is 0. The highest BCUT2D eigenvalue weighted by Gasteiger charge is 2.23. The van der Waals surface area contributed by atoms with Crippen molar-refractivity contribution in [3.05, 3.63) is 53.6 Å². The number of carboxylic acid groups (broad SMARTS) is 1. The van der Waals surface area contributed by atoms with Gasteiger partial charge in [-0.25, -0.2) is 0 Å². The Balaban J connectivity index is 2.30. The van der Waals surface area contributed by atoms with Gasteiger partial charge in [0.25, 0.3) is 5.91 Å². The predicted molar refractivity (Wildman–Crippen MR) is 99.6 cm³/mol. The smallest absolute Gasteiger partial charge is 0.305 e. The van der Waals surface area contributed by atoms with Crippen molar-refractivity contribution in [2.45, 2.75) is 19.4 Å². The SMILES string of the molecule is CCOc1cccc(C(=O)NC(CC(=O)O)c2ccc(OC)cc2OC)c1. The first-order valence-corrected chi connectivity index (χ1v) is 8.46. The molecule has 144 valence electrons. The van der Waals surface area contributed by atoms with Crippen LogP contribution in [0.2, 0.25) is 0 Å². The standard InChI is InChI=1S/C20H23NO6/c1-4-27-15-7-5-6-13(10-15)20(24)21-17(12-19(22)23)16-9-8-14(25-2)11-18(16)26-3/h5-11,17H,4,12H2,1-3H3,(H,21,24)(H,22,23). The summed E-state index contributed by atoms with van der Waals surface area (Å²) < 4.78 is 15.9. The van der Waals surface area contributed by atoms with Gasteiger partial charge in [0.2, 0.25) is 0 Å². The molecule has 0 fully saturated rings. The third-order valence-corrected chi connectivity index (χ3v) is 3.91. The normalized spacial score (nSPS) is 11.4. The summed E-state index contributed by atoms with van der Waals surface area (Å²) in [5.41, 5.74) is 0.929. The Morgan fingerprint density at radius 3 is 2.48 bits per heavy atom. The van der Waals surface area contributed by atoms with E-state index in [0.29, 0.717) is 35.0 Å². The van der Waals surface area contributed by atoms with Gasteiger partial charge in [-0.3, -0.25) is 9.59 Å². The maximum absolute atomic E-state index is 12.7. The van der Waals surface area contributed by atoms with Gasteiger partial charge in [0.1, 0.15) is 17.2 Å². The average Bonchev–Trinajstić information content (AvgIpc) is 2.67. The molecule has 1 amide bonds. The molecule has 7 heteroatoms. The lowest BCUT2D eigenvalue weighted by molar-refractivity contribution is -0.137. The van der Waals surface area contributed by atoms with Crippen LogP contribution >= 0.6 is 0 Å². The van der Waals surface area contributed by atoms with Crippen LogP contribution in [0.15, 0.2) is 42.5 Å². The van der Waals surface area contributed by atoms with E-state index in [9.17, 15) is 14.7 Å². The second kappa shape index (κ2) is 9.47. The molecule has 1 atom stereocenters. The zero-order chi connectivity index (χ0) is 19.8. The Hall–Kier alpha value is -3.22. The maximum Gasteiger partial charge on any atom is 0.305 e. The monoisotopic (exact) mass is 373 g/mol. The van der Waals surface area contributed by atoms with Crippen molar-refractivity contribution < 1.29 is 28.9 Å². The second-order valence-electron chi connectivity index (χ2n) is 5.69. The van der Waals surface area contributed by atoms with Crippen LogP contribution in [0.3, 0.4) is 0 Å². The molecule has 0 aromatic heterocycles. The highest BCUT2D eigenvalue weighted by atomic mass is 16.5. The summed E-state index contributed by atoms with van der Waals surface area (Å²) in [4.78, 5) is 24.0. The Kier molecular flexibility index (Phi) is 7.05. The van der Waals surface area contributed by atoms with Crippen molar-refractivity contribution in [1.29, 1.82) is 0 Å². The van der Waals surface area contributed by atoms with Crippen molar-refractivity contribution in [3.8, 4) is 17.2 Å². The largest absolute Gasteiger partial charge is 0.497 e. The van der Waals surface area contributed by atoms with Crippen LogP contribution in [-0.4, -0.2) is 37.8 Å². The Morgan fingerprint density at radius 1 is 1.07 bits per heavy atom. The van der Waals surface area contributed by atoms with Crippen molar-refractivity contribution >= 4 is 11.9 Å². The van der Waals surface area contributed by atoms with Crippen LogP contribution in [-0.2, 0) is 4.79 Å². The van der Waals surface area contributed by atoms with Crippen LogP contribution in [0.1, 0.15) is 35.3 Å². The van der Waals surface area contributed by atoms with E-state index in [1.807, 2.05) is 6.92 Å². The molecule has 2 rings (SSSR count). The van der Waals surface area contributed by atoms with Crippen LogP contribution in [0.25, 0.3) is 0 Å². The molecule has 0 saturated heterocycles. The second-order valence-corrected chi connectivity index (χ2v) is 5.69. The van der Waals surface area contributed by atoms with Crippen molar-refractivity contribution in [1.82, 2.24) is 5.32 Å². The van der Waals surface area contributed by atoms with Gasteiger partial charge in [-0.2, -0.15) is 0 Å². The molecular weight excluding hydrogens is 350 g/mol. The number of carbonyl (C=O) groups is 2. The molecule has 0 aliphatic carbocycles. The van der Waals surface area contributed by atoms with E-state index in [1.54, 1.807) is 42.5 Å². The van der Waals surface area contributed by atoms with E-state index in [1.165, 1.54) is 14.2 Å². The van der Waals surface area contributed by atoms with Gasteiger partial charge in [0, 0.05) is 17.2 Å². The van der Waals surface area contributed by atoms with E-state index in [0.717, 1.165) is 0 Å². The van der Waals surface area contributed by atoms with Gasteiger partial charge in [0.15, 0.2) is 0 Å². The number of methoxy groups -OCH3 is 2. The number of hydrogen-bond acceptors (Lipinski definition) is 5. The number of carbonyl (C=O) groups excluding carboxylic acids is 1. The fourth-order valence-electron chi connectivity index (χ4n) is 2.66. The lowest BCUT2D eigenvalue weighted by atomic mass is 10.0. The first-order chi connectivity index (χ1) is 13.0. The molecule has 0 spiro atoms. The van der Waals surface area contributed by atoms with Crippen LogP contribution in [0.4, 0.5) is 0 Å². The molecule has 0 heterocycles. The van der Waals surface area contributed by atoms with E-state index >= 15 is 0 Å². The fraction of sp³-hybridized carbons (Fsp3) is 0.300. The van der Waals surface area contributed by atoms with E-state index in [4.69, 9.17) is 14.2 Å². The number of amides is 1. The van der Waals surface area contributed by atoms with Crippen molar-refractivity contribution in [2.24, 2.45) is 0 Å². The summed E-state index contributed by atoms with van der Waals surface area (Å²) in [6.45, 7) is 2.33. The number of nitrogens with one attached hydrogen (secondary N) is 1. The van der Waals surface area contributed by atoms with Crippen molar-refractivity contribution in [3.63, 3.8) is 0 Å². The van der Waals surface area contributed by atoms with Crippen LogP contribution in [0, 0.1) is 0 Å². The number of hydrogen-bond donors (Lipinski definition) is 2. The Bertz CT molecular complexity index is 805. The minimum atomic E-state index is -1.04. The number of rotatable bonds is 9. The first kappa shape index (κ1) is 20.1. The molecule has 0 bridgehead atoms. The minimum absolute atomic E-state index is 0.292. The zero-order valence-corrected chi connectivity index (χ0v) is 15.5. The molecule has 1 unspecified atom stereocenters. The molecule has 2 aromatic carbocycles. The quantitative estimate of drug-likeness (QED) is 0.702. The predicted octanol–water partition coefficient (Wildman–Crippen LogP) is 3.05. The molecule has 2 N–H and O–H groups in total. The average molecular weight is 373 g/mol. The van der Waals surface area contributed by atoms with Gasteiger partial charge < -0.3 is 24.6 Å². The summed E-state index contributed by atoms with van der Waals surface area (Å²) in [6, 6.07) is 11.0. The molecule has 0 aliphatic heterocycles. The molecule has 7 nitrogen and oxygen atoms in total. The summed E-state index contributed by atoms with van der Waals surface area (Å²) in [6.07, 6.45) is -0.292. The highest BCUT2D eigenvalue weighted by Crippen LogP contribution is 2.31. The molecule has 27 heavy (non-hydrogen) atoms. The van der Waals surface area contributed by atoms with Crippen molar-refractivity contribution in [2.75, 3.05) is 20.8 Å². The van der Waals surface area contributed by atoms with E-state index in [-0.39, 0.29) is 6.42 Å². The summed E-state index contributed by atoms with van der Waals surface area (Å²) in [7, 11) is 3.00. The van der Waals surface area contributed by atoms with Gasteiger partial charge in [-0.15, -0.1) is 0 Å². The number of ether oxygens (including phenoxy) is 3. The first-order valence-electron chi connectivity index (χ1n) is 8.46. The van der Waals surface area contributed by atoms with Crippen LogP contribution in [0.5, 0.6) is 17.2 Å². The molecule has 0 saturated carbocycles. The summed E-state index contributed by atoms with van der Waals surface area (Å²) in [5.74, 6) is 0.133. The summed E-state index contributed by atoms with van der Waals surface area (Å²) in [5, 5.41) is 12.0. The molecule has 2 aromatic rings. The topological polar surface area (TPSA) is 94.1 Å². The number of benzene rings is 2. The lowest BCUT2D eigenvalue weighted by Crippen LogP contribution is -2.30. The molecule has 0 aliphatic rings. The minimum Gasteiger partial charge on any atom is -0.497 e. The van der Waals surface area contributed by atoms with E-state index in [2.05, 4.69) is 5.32 Å². The van der Waals surface area contributed by atoms with E-state index < -0.39 is 17.9 Å². The van der Waals surface area contributed by atoms with Crippen LogP contribution < -0.4 is 19.5 Å². The number of carboxylic acids is 1. The maximum atomic E-state index is 12.7. The van der Waals surface area contributed by atoms with Gasteiger partial charge in [0.05, 0.1) is 33.3 Å². The Morgan fingerprint density at radius 2 is 1.85 bits per heavy atom. The highest BCUT2D eigenvalue weighted by molar-refractivity contribution is 5.95. The molecule has 0 radical (unpaired) electrons. The van der Waals surface area contributed by atoms with Gasteiger partial charge in [-0.05, 0) is 37.3 Å². The third kappa shape index (κ3) is 5.37. The lowest BCUT2D eigenvalue weighted by Gasteiger charge is -2.20. The van der Waals surface area contributed by atoms with Gasteiger partial charge in [-0.1, -0.05) is 6.07 Å². The Labute approximate surface area is 157 Å². The fourth-order valence-corrected chi connectivity index (χ4v) is 2.66. The molecular formula is C20H23NO6. The number of aliphatic carboxylic acids is 1. The van der Waals surface area contributed by atoms with Gasteiger partial charge >= 0.3 is 5.97 Å². The zero-order valence-electron chi connectivity index (χ0n) is 15.5.